The van der Waals surface area contributed by atoms with Crippen molar-refractivity contribution >= 4 is 34.4 Å². The smallest absolute Gasteiger partial charge is 0.324 e. The molecular formula is C22H25ClN3O3S-. The third kappa shape index (κ3) is 3.99. The molecule has 2 aliphatic rings. The molecule has 1 saturated carbocycles. The fraction of sp³-hybridized carbons (Fsp3) is 0.409. The molecule has 2 fully saturated rings. The highest BCUT2D eigenvalue weighted by Crippen LogP contribution is 2.41. The van der Waals surface area contributed by atoms with Crippen molar-refractivity contribution in [3.05, 3.63) is 59.1 Å². The first kappa shape index (κ1) is 21.3. The number of benzene rings is 2. The molecule has 30 heavy (non-hydrogen) atoms. The molecule has 2 amide bonds. The van der Waals surface area contributed by atoms with Crippen molar-refractivity contribution in [2.24, 2.45) is 5.73 Å². The number of nitrogens with two attached hydrogens (primary N) is 1. The number of halogens is 1. The van der Waals surface area contributed by atoms with Crippen LogP contribution in [0.5, 0.6) is 0 Å². The molecule has 1 atom stereocenters. The molecule has 0 radical (unpaired) electrons. The Morgan fingerprint density at radius 1 is 1.13 bits per heavy atom. The Morgan fingerprint density at radius 3 is 2.43 bits per heavy atom. The van der Waals surface area contributed by atoms with E-state index in [9.17, 15) is 13.6 Å². The van der Waals surface area contributed by atoms with Gasteiger partial charge in [-0.3, -0.25) is 9.11 Å². The lowest BCUT2D eigenvalue weighted by Gasteiger charge is -2.42. The molecule has 2 N–H and O–H groups in total. The zero-order valence-electron chi connectivity index (χ0n) is 16.6. The number of nitrogens with zero attached hydrogens (tertiary/aromatic N) is 2. The second kappa shape index (κ2) is 8.67. The summed E-state index contributed by atoms with van der Waals surface area (Å²) in [7, 11) is 0. The van der Waals surface area contributed by atoms with Crippen LogP contribution in [-0.4, -0.2) is 45.4 Å². The van der Waals surface area contributed by atoms with Crippen LogP contribution in [0.1, 0.15) is 31.2 Å². The Kier molecular flexibility index (Phi) is 6.16. The van der Waals surface area contributed by atoms with Crippen LogP contribution in [0, 0.1) is 0 Å². The lowest BCUT2D eigenvalue weighted by atomic mass is 9.68. The molecule has 8 heteroatoms. The van der Waals surface area contributed by atoms with Gasteiger partial charge in [0.15, 0.2) is 0 Å². The molecule has 1 aliphatic carbocycles. The Bertz CT molecular complexity index is 945. The van der Waals surface area contributed by atoms with Gasteiger partial charge < -0.3 is 15.2 Å². The molecule has 0 aromatic heterocycles. The first-order valence-corrected chi connectivity index (χ1v) is 11.6. The summed E-state index contributed by atoms with van der Waals surface area (Å²) in [6.07, 6.45) is 3.64. The van der Waals surface area contributed by atoms with E-state index in [2.05, 4.69) is 6.07 Å². The fourth-order valence-electron chi connectivity index (χ4n) is 4.77. The van der Waals surface area contributed by atoms with E-state index in [0.717, 1.165) is 36.4 Å². The number of anilines is 1. The Morgan fingerprint density at radius 2 is 1.83 bits per heavy atom. The predicted molar refractivity (Wildman–Crippen MR) is 118 cm³/mol. The third-order valence-electron chi connectivity index (χ3n) is 6.56. The minimum Gasteiger partial charge on any atom is -0.768 e. The van der Waals surface area contributed by atoms with Gasteiger partial charge in [0.25, 0.3) is 0 Å². The van der Waals surface area contributed by atoms with Gasteiger partial charge >= 0.3 is 6.03 Å². The van der Waals surface area contributed by atoms with Gasteiger partial charge in [0.05, 0.1) is 0 Å². The largest absolute Gasteiger partial charge is 0.768 e. The summed E-state index contributed by atoms with van der Waals surface area (Å²) in [4.78, 5) is 17.0. The summed E-state index contributed by atoms with van der Waals surface area (Å²) in [6.45, 7) is 1.84. The molecule has 2 aromatic rings. The maximum atomic E-state index is 13.1. The molecule has 0 bridgehead atoms. The number of carbonyl (C=O) groups excluding carboxylic acids is 1. The normalized spacial score (nSPS) is 25.6. The van der Waals surface area contributed by atoms with E-state index >= 15 is 0 Å². The molecular weight excluding hydrogens is 422 g/mol. The SMILES string of the molecule is NCC1(c2cccc(Cl)c2)CCC(N2CCN(c3ccc(S(=O)[O-])cc3)C2=O)CC1. The van der Waals surface area contributed by atoms with Crippen LogP contribution in [0.4, 0.5) is 10.5 Å². The van der Waals surface area contributed by atoms with Crippen LogP contribution in [0.3, 0.4) is 0 Å². The third-order valence-corrected chi connectivity index (χ3v) is 7.45. The summed E-state index contributed by atoms with van der Waals surface area (Å²) in [5.74, 6) is 0. The Balaban J connectivity index is 1.44. The second-order valence-electron chi connectivity index (χ2n) is 8.08. The molecule has 160 valence electrons. The lowest BCUT2D eigenvalue weighted by Crippen LogP contribution is -2.46. The summed E-state index contributed by atoms with van der Waals surface area (Å²) < 4.78 is 22.1. The number of rotatable bonds is 5. The van der Waals surface area contributed by atoms with Crippen molar-refractivity contribution in [1.29, 1.82) is 0 Å². The Hall–Kier alpha value is -1.93. The highest BCUT2D eigenvalue weighted by atomic mass is 35.5. The number of amides is 2. The van der Waals surface area contributed by atoms with E-state index in [1.807, 2.05) is 23.1 Å². The first-order valence-electron chi connectivity index (χ1n) is 10.2. The zero-order valence-corrected chi connectivity index (χ0v) is 18.2. The number of carbonyl (C=O) groups is 1. The van der Waals surface area contributed by atoms with E-state index < -0.39 is 11.1 Å². The van der Waals surface area contributed by atoms with Crippen molar-refractivity contribution in [3.63, 3.8) is 0 Å². The number of hydrogen-bond acceptors (Lipinski definition) is 4. The average Bonchev–Trinajstić information content (AvgIpc) is 3.15. The van der Waals surface area contributed by atoms with Gasteiger partial charge in [-0.05, 0) is 78.7 Å². The zero-order chi connectivity index (χ0) is 21.3. The minimum atomic E-state index is -2.27. The molecule has 6 nitrogen and oxygen atoms in total. The van der Waals surface area contributed by atoms with E-state index in [4.69, 9.17) is 17.3 Å². The quantitative estimate of drug-likeness (QED) is 0.709. The molecule has 2 aromatic carbocycles. The molecule has 0 spiro atoms. The van der Waals surface area contributed by atoms with E-state index in [1.54, 1.807) is 17.0 Å². The van der Waals surface area contributed by atoms with Crippen molar-refractivity contribution < 1.29 is 13.6 Å². The van der Waals surface area contributed by atoms with Gasteiger partial charge in [0.2, 0.25) is 0 Å². The summed E-state index contributed by atoms with van der Waals surface area (Å²) in [5, 5.41) is 0.722. The first-order chi connectivity index (χ1) is 14.4. The van der Waals surface area contributed by atoms with Gasteiger partial charge in [-0.1, -0.05) is 23.7 Å². The summed E-state index contributed by atoms with van der Waals surface area (Å²) in [6, 6.07) is 14.5. The maximum absolute atomic E-state index is 13.1. The van der Waals surface area contributed by atoms with E-state index in [-0.39, 0.29) is 22.4 Å². The fourth-order valence-corrected chi connectivity index (χ4v) is 5.31. The average molecular weight is 447 g/mol. The van der Waals surface area contributed by atoms with Crippen LogP contribution < -0.4 is 10.6 Å². The molecule has 1 unspecified atom stereocenters. The summed E-state index contributed by atoms with van der Waals surface area (Å²) >= 11 is 3.94. The van der Waals surface area contributed by atoms with Crippen molar-refractivity contribution in [2.45, 2.75) is 42.0 Å². The highest BCUT2D eigenvalue weighted by molar-refractivity contribution is 7.79. The standard InChI is InChI=1S/C22H26ClN3O3S/c23-17-3-1-2-16(14-17)22(15-24)10-8-19(9-11-22)26-13-12-25(21(26)27)18-4-6-20(7-5-18)30(28)29/h1-7,14,19H,8-13,15,24H2,(H,28,29)/p-1. The topological polar surface area (TPSA) is 89.7 Å². The van der Waals surface area contributed by atoms with Gasteiger partial charge in [0.1, 0.15) is 0 Å². The van der Waals surface area contributed by atoms with Crippen molar-refractivity contribution in [2.75, 3.05) is 24.5 Å². The Labute approximate surface area is 184 Å². The number of hydrogen-bond donors (Lipinski definition) is 1. The minimum absolute atomic E-state index is 0.0148. The monoisotopic (exact) mass is 446 g/mol. The highest BCUT2D eigenvalue weighted by Gasteiger charge is 2.41. The number of urea groups is 1. The van der Waals surface area contributed by atoms with Gasteiger partial charge in [-0.15, -0.1) is 0 Å². The predicted octanol–water partition coefficient (Wildman–Crippen LogP) is 3.66. The van der Waals surface area contributed by atoms with Crippen LogP contribution in [-0.2, 0) is 16.5 Å². The van der Waals surface area contributed by atoms with E-state index in [1.165, 1.54) is 17.7 Å². The van der Waals surface area contributed by atoms with Gasteiger partial charge in [0, 0.05) is 46.7 Å². The van der Waals surface area contributed by atoms with Crippen LogP contribution in [0.25, 0.3) is 0 Å². The van der Waals surface area contributed by atoms with Crippen molar-refractivity contribution in [3.8, 4) is 0 Å². The van der Waals surface area contributed by atoms with Crippen LogP contribution in [0.2, 0.25) is 5.02 Å². The van der Waals surface area contributed by atoms with Gasteiger partial charge in [-0.25, -0.2) is 4.79 Å². The van der Waals surface area contributed by atoms with Crippen LogP contribution in [0.15, 0.2) is 53.4 Å². The van der Waals surface area contributed by atoms with Crippen molar-refractivity contribution in [1.82, 2.24) is 4.90 Å². The molecule has 1 saturated heterocycles. The second-order valence-corrected chi connectivity index (χ2v) is 9.46. The summed E-state index contributed by atoms with van der Waals surface area (Å²) in [5.41, 5.74) is 8.02. The maximum Gasteiger partial charge on any atom is 0.324 e. The molecule has 1 heterocycles. The molecule has 4 rings (SSSR count). The lowest BCUT2D eigenvalue weighted by molar-refractivity contribution is 0.156. The van der Waals surface area contributed by atoms with E-state index in [0.29, 0.717) is 19.6 Å². The van der Waals surface area contributed by atoms with Gasteiger partial charge in [-0.2, -0.15) is 0 Å². The van der Waals surface area contributed by atoms with Crippen LogP contribution >= 0.6 is 11.6 Å². The molecule has 1 aliphatic heterocycles.